The highest BCUT2D eigenvalue weighted by molar-refractivity contribution is 8.18. The average Bonchev–Trinajstić information content (AvgIpc) is 2.98. The largest absolute Gasteiger partial charge is 0.493 e. The van der Waals surface area contributed by atoms with Crippen LogP contribution < -0.4 is 14.8 Å². The Morgan fingerprint density at radius 3 is 2.67 bits per heavy atom. The van der Waals surface area contributed by atoms with Crippen LogP contribution in [0.3, 0.4) is 0 Å². The number of nitrogens with zero attached hydrogens (tertiary/aromatic N) is 1. The molecular formula is C19H16Cl2N2O3S. The smallest absolute Gasteiger partial charge is 0.264 e. The fourth-order valence-electron chi connectivity index (χ4n) is 2.35. The van der Waals surface area contributed by atoms with Gasteiger partial charge in [0.1, 0.15) is 0 Å². The summed E-state index contributed by atoms with van der Waals surface area (Å²) in [6.07, 6.45) is 1.77. The monoisotopic (exact) mass is 422 g/mol. The highest BCUT2D eigenvalue weighted by atomic mass is 35.5. The second-order valence-electron chi connectivity index (χ2n) is 5.42. The first kappa shape index (κ1) is 19.6. The van der Waals surface area contributed by atoms with E-state index >= 15 is 0 Å². The standard InChI is InChI=1S/C19H16Cl2N2O3S/c1-3-26-15-7-4-11(8-16(15)25-2)9-17-18(24)23-19(27-17)22-12-5-6-13(20)14(21)10-12/h4-10H,3H2,1-2H3,(H,22,23,24)/b17-9-. The van der Waals surface area contributed by atoms with Crippen LogP contribution in [0.5, 0.6) is 11.5 Å². The average molecular weight is 423 g/mol. The van der Waals surface area contributed by atoms with Gasteiger partial charge in [0.25, 0.3) is 5.91 Å². The molecule has 3 rings (SSSR count). The zero-order valence-electron chi connectivity index (χ0n) is 14.6. The Morgan fingerprint density at radius 1 is 1.15 bits per heavy atom. The Hall–Kier alpha value is -2.15. The molecule has 1 amide bonds. The van der Waals surface area contributed by atoms with Crippen molar-refractivity contribution in [3.05, 3.63) is 56.9 Å². The van der Waals surface area contributed by atoms with E-state index in [0.29, 0.717) is 43.9 Å². The molecule has 0 unspecified atom stereocenters. The molecule has 1 N–H and O–H groups in total. The number of hydrogen-bond donors (Lipinski definition) is 1. The summed E-state index contributed by atoms with van der Waals surface area (Å²) in [5, 5.41) is 4.08. The Labute approximate surface area is 171 Å². The number of carbonyl (C=O) groups excluding carboxylic acids is 1. The Bertz CT molecular complexity index is 945. The zero-order chi connectivity index (χ0) is 19.4. The van der Waals surface area contributed by atoms with Crippen LogP contribution in [0.4, 0.5) is 5.69 Å². The summed E-state index contributed by atoms with van der Waals surface area (Å²) in [6, 6.07) is 10.5. The lowest BCUT2D eigenvalue weighted by Gasteiger charge is -2.09. The molecule has 27 heavy (non-hydrogen) atoms. The van der Waals surface area contributed by atoms with Crippen molar-refractivity contribution in [2.45, 2.75) is 6.92 Å². The van der Waals surface area contributed by atoms with Gasteiger partial charge in [-0.15, -0.1) is 0 Å². The van der Waals surface area contributed by atoms with E-state index in [9.17, 15) is 4.79 Å². The number of ether oxygens (including phenoxy) is 2. The molecule has 0 aliphatic carbocycles. The molecule has 2 aromatic carbocycles. The highest BCUT2D eigenvalue weighted by Gasteiger charge is 2.24. The van der Waals surface area contributed by atoms with Crippen molar-refractivity contribution in [2.24, 2.45) is 4.99 Å². The normalized spacial score (nSPS) is 16.7. The minimum atomic E-state index is -0.216. The third kappa shape index (κ3) is 4.77. The number of benzene rings is 2. The predicted molar refractivity (Wildman–Crippen MR) is 111 cm³/mol. The molecule has 0 saturated carbocycles. The number of halogens is 2. The van der Waals surface area contributed by atoms with Crippen LogP contribution in [-0.2, 0) is 4.79 Å². The number of thioether (sulfide) groups is 1. The van der Waals surface area contributed by atoms with Crippen molar-refractivity contribution >= 4 is 57.8 Å². The van der Waals surface area contributed by atoms with Gasteiger partial charge in [-0.1, -0.05) is 29.3 Å². The van der Waals surface area contributed by atoms with Gasteiger partial charge in [0.2, 0.25) is 0 Å². The molecule has 1 fully saturated rings. The van der Waals surface area contributed by atoms with Crippen LogP contribution in [-0.4, -0.2) is 24.8 Å². The first-order valence-electron chi connectivity index (χ1n) is 8.05. The second kappa shape index (κ2) is 8.69. The fourth-order valence-corrected chi connectivity index (χ4v) is 3.49. The first-order valence-corrected chi connectivity index (χ1v) is 9.63. The summed E-state index contributed by atoms with van der Waals surface area (Å²) in [6.45, 7) is 2.45. The van der Waals surface area contributed by atoms with Crippen LogP contribution in [0.2, 0.25) is 10.0 Å². The van der Waals surface area contributed by atoms with Gasteiger partial charge in [-0.25, -0.2) is 4.99 Å². The van der Waals surface area contributed by atoms with E-state index in [1.807, 2.05) is 25.1 Å². The molecule has 0 aromatic heterocycles. The maximum atomic E-state index is 12.2. The maximum absolute atomic E-state index is 12.2. The molecule has 0 spiro atoms. The summed E-state index contributed by atoms with van der Waals surface area (Å²) in [4.78, 5) is 17.2. The third-order valence-corrected chi connectivity index (χ3v) is 5.22. The number of carbonyl (C=O) groups is 1. The van der Waals surface area contributed by atoms with E-state index < -0.39 is 0 Å². The molecule has 1 saturated heterocycles. The Morgan fingerprint density at radius 2 is 1.96 bits per heavy atom. The number of amidine groups is 1. The zero-order valence-corrected chi connectivity index (χ0v) is 16.9. The lowest BCUT2D eigenvalue weighted by atomic mass is 10.2. The lowest BCUT2D eigenvalue weighted by molar-refractivity contribution is -0.115. The van der Waals surface area contributed by atoms with Crippen LogP contribution in [0.15, 0.2) is 46.3 Å². The summed E-state index contributed by atoms with van der Waals surface area (Å²) in [5.74, 6) is 1.05. The van der Waals surface area contributed by atoms with Crippen LogP contribution in [0, 0.1) is 0 Å². The van der Waals surface area contributed by atoms with Gasteiger partial charge in [0.15, 0.2) is 16.7 Å². The van der Waals surface area contributed by atoms with Crippen molar-refractivity contribution < 1.29 is 14.3 Å². The van der Waals surface area contributed by atoms with Crippen molar-refractivity contribution in [1.29, 1.82) is 0 Å². The number of hydrogen-bond acceptors (Lipinski definition) is 5. The van der Waals surface area contributed by atoms with Gasteiger partial charge < -0.3 is 14.8 Å². The maximum Gasteiger partial charge on any atom is 0.264 e. The second-order valence-corrected chi connectivity index (χ2v) is 7.27. The van der Waals surface area contributed by atoms with E-state index in [1.165, 1.54) is 11.8 Å². The summed E-state index contributed by atoms with van der Waals surface area (Å²) in [5.41, 5.74) is 1.43. The lowest BCUT2D eigenvalue weighted by Crippen LogP contribution is -2.19. The molecule has 1 aliphatic heterocycles. The summed E-state index contributed by atoms with van der Waals surface area (Å²) in [7, 11) is 1.58. The van der Waals surface area contributed by atoms with E-state index in [1.54, 1.807) is 31.4 Å². The minimum Gasteiger partial charge on any atom is -0.493 e. The number of methoxy groups -OCH3 is 1. The summed E-state index contributed by atoms with van der Waals surface area (Å²) >= 11 is 13.2. The van der Waals surface area contributed by atoms with Crippen molar-refractivity contribution in [2.75, 3.05) is 13.7 Å². The van der Waals surface area contributed by atoms with Crippen LogP contribution in [0.25, 0.3) is 6.08 Å². The number of amides is 1. The number of aliphatic imine (C=N–C) groups is 1. The molecule has 5 nitrogen and oxygen atoms in total. The van der Waals surface area contributed by atoms with Crippen molar-refractivity contribution in [3.8, 4) is 11.5 Å². The Balaban J connectivity index is 1.82. The van der Waals surface area contributed by atoms with Gasteiger partial charge in [-0.3, -0.25) is 4.79 Å². The quantitative estimate of drug-likeness (QED) is 0.664. The molecule has 0 atom stereocenters. The van der Waals surface area contributed by atoms with E-state index in [0.717, 1.165) is 5.56 Å². The van der Waals surface area contributed by atoms with Gasteiger partial charge in [0.05, 0.1) is 34.4 Å². The van der Waals surface area contributed by atoms with Gasteiger partial charge in [0, 0.05) is 0 Å². The molecule has 0 radical (unpaired) electrons. The fraction of sp³-hybridized carbons (Fsp3) is 0.158. The predicted octanol–water partition coefficient (Wildman–Crippen LogP) is 5.29. The Kier molecular flexibility index (Phi) is 6.31. The van der Waals surface area contributed by atoms with Crippen LogP contribution in [0.1, 0.15) is 12.5 Å². The molecule has 1 heterocycles. The van der Waals surface area contributed by atoms with Crippen molar-refractivity contribution in [1.82, 2.24) is 5.32 Å². The van der Waals surface area contributed by atoms with E-state index in [2.05, 4.69) is 10.3 Å². The van der Waals surface area contributed by atoms with Crippen LogP contribution >= 0.6 is 35.0 Å². The minimum absolute atomic E-state index is 0.216. The van der Waals surface area contributed by atoms with E-state index in [-0.39, 0.29) is 5.91 Å². The first-order chi connectivity index (χ1) is 13.0. The third-order valence-electron chi connectivity index (χ3n) is 3.57. The topological polar surface area (TPSA) is 59.9 Å². The number of rotatable bonds is 5. The van der Waals surface area contributed by atoms with Gasteiger partial charge >= 0.3 is 0 Å². The van der Waals surface area contributed by atoms with E-state index in [4.69, 9.17) is 32.7 Å². The molecule has 8 heteroatoms. The summed E-state index contributed by atoms with van der Waals surface area (Å²) < 4.78 is 10.8. The highest BCUT2D eigenvalue weighted by Crippen LogP contribution is 2.33. The SMILES string of the molecule is CCOc1ccc(/C=C2\SC(=Nc3ccc(Cl)c(Cl)c3)NC2=O)cc1OC. The van der Waals surface area contributed by atoms with Gasteiger partial charge in [-0.05, 0) is 60.7 Å². The molecule has 140 valence electrons. The molecule has 2 aromatic rings. The molecule has 1 aliphatic rings. The molecule has 0 bridgehead atoms. The molecular weight excluding hydrogens is 407 g/mol. The van der Waals surface area contributed by atoms with Crippen molar-refractivity contribution in [3.63, 3.8) is 0 Å². The number of nitrogens with one attached hydrogen (secondary N) is 1. The van der Waals surface area contributed by atoms with Gasteiger partial charge in [-0.2, -0.15) is 0 Å².